The highest BCUT2D eigenvalue weighted by molar-refractivity contribution is 7.20. The van der Waals surface area contributed by atoms with Gasteiger partial charge in [-0.05, 0) is 36.4 Å². The molecule has 28 heavy (non-hydrogen) atoms. The summed E-state index contributed by atoms with van der Waals surface area (Å²) in [7, 11) is 2.36. The van der Waals surface area contributed by atoms with E-state index in [0.29, 0.717) is 4.70 Å². The van der Waals surface area contributed by atoms with Crippen molar-refractivity contribution < 1.29 is 37.0 Å². The second kappa shape index (κ2) is 7.47. The Morgan fingerprint density at radius 2 is 1.57 bits per heavy atom. The molecule has 0 fully saturated rings. The van der Waals surface area contributed by atoms with Crippen molar-refractivity contribution in [3.63, 3.8) is 0 Å². The third-order valence-corrected chi connectivity index (χ3v) is 4.56. The highest BCUT2D eigenvalue weighted by Gasteiger charge is 2.30. The van der Waals surface area contributed by atoms with Gasteiger partial charge < -0.3 is 14.2 Å². The summed E-state index contributed by atoms with van der Waals surface area (Å²) in [6, 6.07) is 7.10. The molecule has 3 aromatic rings. The minimum absolute atomic E-state index is 0.0425. The van der Waals surface area contributed by atoms with Crippen molar-refractivity contribution in [3.8, 4) is 10.9 Å². The van der Waals surface area contributed by atoms with Gasteiger partial charge in [0, 0.05) is 0 Å². The highest BCUT2D eigenvalue weighted by Crippen LogP contribution is 2.36. The van der Waals surface area contributed by atoms with E-state index < -0.39 is 23.7 Å². The maximum absolute atomic E-state index is 12.8. The quantitative estimate of drug-likeness (QED) is 0.581. The van der Waals surface area contributed by atoms with Crippen molar-refractivity contribution in [1.82, 2.24) is 4.98 Å². The average Bonchev–Trinajstić information content (AvgIpc) is 3.06. The van der Waals surface area contributed by atoms with Crippen molar-refractivity contribution in [2.45, 2.75) is 6.18 Å². The van der Waals surface area contributed by atoms with E-state index in [-0.39, 0.29) is 27.6 Å². The molecule has 6 nitrogen and oxygen atoms in total. The largest absolute Gasteiger partial charge is 0.465 e. The number of halogens is 3. The minimum Gasteiger partial charge on any atom is -0.465 e. The second-order valence-electron chi connectivity index (χ2n) is 5.49. The first-order valence-corrected chi connectivity index (χ1v) is 8.50. The van der Waals surface area contributed by atoms with Gasteiger partial charge in [-0.3, -0.25) is 0 Å². The zero-order chi connectivity index (χ0) is 20.5. The molecule has 0 amide bonds. The second-order valence-corrected chi connectivity index (χ2v) is 6.48. The van der Waals surface area contributed by atoms with E-state index in [2.05, 4.69) is 14.5 Å². The lowest BCUT2D eigenvalue weighted by molar-refractivity contribution is -0.137. The predicted molar refractivity (Wildman–Crippen MR) is 93.8 cm³/mol. The zero-order valence-corrected chi connectivity index (χ0v) is 15.3. The molecule has 146 valence electrons. The summed E-state index contributed by atoms with van der Waals surface area (Å²) in [5.74, 6) is -1.32. The number of ether oxygens (including phenoxy) is 3. The summed E-state index contributed by atoms with van der Waals surface area (Å²) in [5.41, 5.74) is -0.619. The fourth-order valence-corrected chi connectivity index (χ4v) is 3.17. The van der Waals surface area contributed by atoms with Crippen LogP contribution in [0.2, 0.25) is 0 Å². The van der Waals surface area contributed by atoms with Crippen LogP contribution in [-0.2, 0) is 15.7 Å². The molecule has 0 saturated carbocycles. The van der Waals surface area contributed by atoms with Crippen LogP contribution in [0, 0.1) is 0 Å². The number of rotatable bonds is 4. The summed E-state index contributed by atoms with van der Waals surface area (Å²) >= 11 is 1.02. The number of thiazole rings is 1. The Kier molecular flexibility index (Phi) is 5.23. The number of nitrogens with zero attached hydrogens (tertiary/aromatic N) is 1. The van der Waals surface area contributed by atoms with Crippen LogP contribution in [0.15, 0.2) is 36.4 Å². The molecule has 0 aliphatic heterocycles. The third-order valence-electron chi connectivity index (χ3n) is 3.65. The first-order chi connectivity index (χ1) is 13.2. The third kappa shape index (κ3) is 4.06. The lowest BCUT2D eigenvalue weighted by atomic mass is 10.1. The molecule has 0 aliphatic carbocycles. The number of hydrogen-bond donors (Lipinski definition) is 0. The molecule has 1 heterocycles. The molecule has 0 bridgehead atoms. The Morgan fingerprint density at radius 3 is 2.11 bits per heavy atom. The van der Waals surface area contributed by atoms with Gasteiger partial charge in [0.15, 0.2) is 0 Å². The first-order valence-electron chi connectivity index (χ1n) is 7.68. The maximum Gasteiger partial charge on any atom is 0.416 e. The van der Waals surface area contributed by atoms with E-state index in [1.807, 2.05) is 0 Å². The molecule has 2 aromatic carbocycles. The van der Waals surface area contributed by atoms with E-state index in [1.165, 1.54) is 38.5 Å². The molecule has 3 rings (SSSR count). The lowest BCUT2D eigenvalue weighted by Crippen LogP contribution is -2.07. The van der Waals surface area contributed by atoms with Crippen LogP contribution in [0.25, 0.3) is 10.2 Å². The summed E-state index contributed by atoms with van der Waals surface area (Å²) in [5, 5.41) is 0.0483. The van der Waals surface area contributed by atoms with Gasteiger partial charge in [0.2, 0.25) is 0 Å². The van der Waals surface area contributed by atoms with Gasteiger partial charge in [-0.25, -0.2) is 14.6 Å². The van der Waals surface area contributed by atoms with Gasteiger partial charge in [0.05, 0.1) is 41.1 Å². The van der Waals surface area contributed by atoms with Gasteiger partial charge in [0.25, 0.3) is 5.19 Å². The number of esters is 2. The summed E-state index contributed by atoms with van der Waals surface area (Å²) in [4.78, 5) is 27.6. The monoisotopic (exact) mass is 411 g/mol. The zero-order valence-electron chi connectivity index (χ0n) is 14.5. The average molecular weight is 411 g/mol. The molecule has 0 N–H and O–H groups in total. The van der Waals surface area contributed by atoms with Gasteiger partial charge >= 0.3 is 18.1 Å². The fraction of sp³-hybridized carbons (Fsp3) is 0.167. The van der Waals surface area contributed by atoms with Gasteiger partial charge in [-0.15, -0.1) is 0 Å². The van der Waals surface area contributed by atoms with Gasteiger partial charge in [0.1, 0.15) is 5.75 Å². The predicted octanol–water partition coefficient (Wildman–Crippen LogP) is 4.68. The molecule has 0 radical (unpaired) electrons. The van der Waals surface area contributed by atoms with Crippen molar-refractivity contribution in [2.24, 2.45) is 0 Å². The molecule has 0 aliphatic rings. The van der Waals surface area contributed by atoms with Gasteiger partial charge in [-0.2, -0.15) is 13.2 Å². The van der Waals surface area contributed by atoms with E-state index in [9.17, 15) is 22.8 Å². The van der Waals surface area contributed by atoms with Crippen molar-refractivity contribution in [3.05, 3.63) is 53.1 Å². The number of carbonyl (C=O) groups is 2. The molecular formula is C18H12F3NO5S. The van der Waals surface area contributed by atoms with E-state index in [0.717, 1.165) is 23.5 Å². The normalized spacial score (nSPS) is 11.3. The van der Waals surface area contributed by atoms with Crippen LogP contribution in [0.3, 0.4) is 0 Å². The van der Waals surface area contributed by atoms with E-state index in [4.69, 9.17) is 4.74 Å². The van der Waals surface area contributed by atoms with Crippen LogP contribution in [0.5, 0.6) is 10.9 Å². The molecule has 0 atom stereocenters. The summed E-state index contributed by atoms with van der Waals surface area (Å²) in [6.07, 6.45) is -4.48. The van der Waals surface area contributed by atoms with Crippen molar-refractivity contribution in [2.75, 3.05) is 14.2 Å². The smallest absolute Gasteiger partial charge is 0.416 e. The lowest BCUT2D eigenvalue weighted by Gasteiger charge is -2.07. The number of carbonyl (C=O) groups excluding carboxylic acids is 2. The number of fused-ring (bicyclic) bond motifs is 1. The minimum atomic E-state index is -4.48. The number of benzene rings is 2. The summed E-state index contributed by atoms with van der Waals surface area (Å²) in [6.45, 7) is 0. The first kappa shape index (κ1) is 19.6. The Balaban J connectivity index is 1.98. The molecular weight excluding hydrogens is 399 g/mol. The Labute approximate surface area is 160 Å². The summed E-state index contributed by atoms with van der Waals surface area (Å²) < 4.78 is 53.8. The molecule has 0 unspecified atom stereocenters. The van der Waals surface area contributed by atoms with E-state index >= 15 is 0 Å². The Bertz CT molecular complexity index is 1030. The maximum atomic E-state index is 12.8. The number of hydrogen-bond acceptors (Lipinski definition) is 7. The molecule has 10 heteroatoms. The number of alkyl halides is 3. The van der Waals surface area contributed by atoms with Crippen molar-refractivity contribution >= 4 is 33.5 Å². The van der Waals surface area contributed by atoms with Crippen LogP contribution < -0.4 is 4.74 Å². The van der Waals surface area contributed by atoms with E-state index in [1.54, 1.807) is 0 Å². The Hall–Kier alpha value is -3.14. The molecule has 1 aromatic heterocycles. The standard InChI is InChI=1S/C18H12F3NO5S/c1-25-15(23)9-5-10(16(24)26-2)7-12(6-9)27-17-22-13-8-11(18(19,20)21)3-4-14(13)28-17/h3-8H,1-2H3. The van der Waals surface area contributed by atoms with Crippen LogP contribution in [0.4, 0.5) is 13.2 Å². The number of aromatic nitrogens is 1. The SMILES string of the molecule is COC(=O)c1cc(Oc2nc3cc(C(F)(F)F)ccc3s2)cc(C(=O)OC)c1. The van der Waals surface area contributed by atoms with Crippen molar-refractivity contribution in [1.29, 1.82) is 0 Å². The number of methoxy groups -OCH3 is 2. The fourth-order valence-electron chi connectivity index (χ4n) is 2.36. The van der Waals surface area contributed by atoms with Crippen LogP contribution in [-0.4, -0.2) is 31.1 Å². The molecule has 0 saturated heterocycles. The van der Waals surface area contributed by atoms with Crippen LogP contribution >= 0.6 is 11.3 Å². The Morgan fingerprint density at radius 1 is 0.964 bits per heavy atom. The highest BCUT2D eigenvalue weighted by atomic mass is 32.1. The van der Waals surface area contributed by atoms with Crippen LogP contribution in [0.1, 0.15) is 26.3 Å². The molecule has 0 spiro atoms. The van der Waals surface area contributed by atoms with Gasteiger partial charge in [-0.1, -0.05) is 11.3 Å². The topological polar surface area (TPSA) is 74.7 Å².